The number of ether oxygens (including phenoxy) is 4. The number of likely N-dealkylation sites (tertiary alicyclic amines) is 2. The first-order valence-electron chi connectivity index (χ1n) is 24.6. The van der Waals surface area contributed by atoms with Crippen LogP contribution in [-0.2, 0) is 23.9 Å². The number of imidazole rings is 2. The summed E-state index contributed by atoms with van der Waals surface area (Å²) in [4.78, 5) is 84.6. The number of hydrogen-bond acceptors (Lipinski definition) is 11. The van der Waals surface area contributed by atoms with Crippen molar-refractivity contribution in [2.24, 2.45) is 11.8 Å². The van der Waals surface area contributed by atoms with Gasteiger partial charge in [-0.1, -0.05) is 52.0 Å². The lowest BCUT2D eigenvalue weighted by Crippen LogP contribution is -2.51. The summed E-state index contributed by atoms with van der Waals surface area (Å²) in [6, 6.07) is 19.9. The van der Waals surface area contributed by atoms with Crippen LogP contribution in [0.2, 0.25) is 0 Å². The van der Waals surface area contributed by atoms with Crippen molar-refractivity contribution in [3.8, 4) is 45.3 Å². The van der Waals surface area contributed by atoms with E-state index in [-0.39, 0.29) is 48.2 Å². The molecule has 378 valence electrons. The summed E-state index contributed by atoms with van der Waals surface area (Å²) < 4.78 is 24.8. The normalized spacial score (nSPS) is 18.0. The molecule has 3 aliphatic heterocycles. The lowest BCUT2D eigenvalue weighted by atomic mass is 10.0. The zero-order chi connectivity index (χ0) is 50.8. The van der Waals surface area contributed by atoms with Gasteiger partial charge in [-0.2, -0.15) is 0 Å². The van der Waals surface area contributed by atoms with Gasteiger partial charge in [-0.05, 0) is 86.9 Å². The zero-order valence-corrected chi connectivity index (χ0v) is 41.6. The predicted octanol–water partition coefficient (Wildman–Crippen LogP) is 7.63. The molecule has 3 aromatic carbocycles. The number of rotatable bonds is 15. The van der Waals surface area contributed by atoms with Crippen LogP contribution in [0.25, 0.3) is 44.7 Å². The Balaban J connectivity index is 1.03. The van der Waals surface area contributed by atoms with Crippen molar-refractivity contribution >= 4 is 40.8 Å². The van der Waals surface area contributed by atoms with Gasteiger partial charge in [0.2, 0.25) is 18.0 Å². The SMILES string of the molecule is CCNC(=O)COc1cccc(C2Oc3cc(-c4cnc(C5CCCN5C(=O)C(NC(=O)OC)C(C)C)[nH]4)ccc3-c3cc4cc(-c5cnc(C6CCCN6C(=O)C(NC(=O)OC)C(C)C)[nH]5)ccc4n32)c1. The van der Waals surface area contributed by atoms with E-state index >= 15 is 0 Å². The fourth-order valence-electron chi connectivity index (χ4n) is 10.1. The second-order valence-corrected chi connectivity index (χ2v) is 19.1. The Morgan fingerprint density at radius 3 is 1.90 bits per heavy atom. The van der Waals surface area contributed by atoms with Crippen LogP contribution in [0.4, 0.5) is 9.59 Å². The summed E-state index contributed by atoms with van der Waals surface area (Å²) >= 11 is 0. The van der Waals surface area contributed by atoms with Gasteiger partial charge in [0.25, 0.3) is 5.91 Å². The molecule has 0 radical (unpaired) electrons. The van der Waals surface area contributed by atoms with Gasteiger partial charge in [0.15, 0.2) is 6.61 Å². The van der Waals surface area contributed by atoms with Gasteiger partial charge in [0.1, 0.15) is 35.2 Å². The van der Waals surface area contributed by atoms with Gasteiger partial charge in [0.05, 0.1) is 61.3 Å². The maximum Gasteiger partial charge on any atom is 0.407 e. The molecule has 6 aromatic rings. The molecule has 3 aliphatic rings. The molecule has 0 aliphatic carbocycles. The highest BCUT2D eigenvalue weighted by atomic mass is 16.5. The second kappa shape index (κ2) is 20.9. The van der Waals surface area contributed by atoms with Gasteiger partial charge in [-0.25, -0.2) is 19.6 Å². The molecule has 2 fully saturated rings. The van der Waals surface area contributed by atoms with Crippen LogP contribution in [-0.4, -0.2) is 117 Å². The highest BCUT2D eigenvalue weighted by Crippen LogP contribution is 2.47. The summed E-state index contributed by atoms with van der Waals surface area (Å²) in [5.41, 5.74) is 6.79. The van der Waals surface area contributed by atoms with Gasteiger partial charge in [-0.15, -0.1) is 0 Å². The van der Waals surface area contributed by atoms with Crippen LogP contribution in [0, 0.1) is 11.8 Å². The van der Waals surface area contributed by atoms with Gasteiger partial charge >= 0.3 is 12.2 Å². The van der Waals surface area contributed by atoms with Crippen LogP contribution < -0.4 is 25.4 Å². The number of likely N-dealkylation sites (N-methyl/N-ethyl adjacent to an activating group) is 1. The Morgan fingerprint density at radius 1 is 0.750 bits per heavy atom. The third-order valence-corrected chi connectivity index (χ3v) is 13.8. The third-order valence-electron chi connectivity index (χ3n) is 13.8. The number of aromatic amines is 2. The van der Waals surface area contributed by atoms with E-state index in [0.29, 0.717) is 49.2 Å². The molecule has 3 aromatic heterocycles. The van der Waals surface area contributed by atoms with Gasteiger partial charge in [0, 0.05) is 47.3 Å². The van der Waals surface area contributed by atoms with Crippen LogP contribution in [0.3, 0.4) is 0 Å². The van der Waals surface area contributed by atoms with Crippen LogP contribution >= 0.6 is 0 Å². The fourth-order valence-corrected chi connectivity index (χ4v) is 10.1. The second-order valence-electron chi connectivity index (χ2n) is 19.1. The average molecular weight is 983 g/mol. The van der Waals surface area contributed by atoms with E-state index in [2.05, 4.69) is 48.7 Å². The van der Waals surface area contributed by atoms with E-state index in [9.17, 15) is 24.0 Å². The molecule has 9 rings (SSSR count). The number of fused-ring (bicyclic) bond motifs is 5. The molecule has 0 spiro atoms. The summed E-state index contributed by atoms with van der Waals surface area (Å²) in [6.45, 7) is 10.9. The Bertz CT molecular complexity index is 2990. The number of carbonyl (C=O) groups excluding carboxylic acids is 5. The van der Waals surface area contributed by atoms with Crippen molar-refractivity contribution in [2.75, 3.05) is 40.5 Å². The van der Waals surface area contributed by atoms with E-state index < -0.39 is 30.5 Å². The number of H-pyrrole nitrogens is 2. The number of hydrogen-bond donors (Lipinski definition) is 5. The standard InChI is InChI=1S/C53H62N10O9/c1-8-54-44(64)28-71-35-13-9-12-33(23-35)51-63-39-19-17-31(37-26-55-47(57-37)40-14-10-20-61(40)49(65)45(29(2)3)59-52(67)69-6)22-34(39)24-42(63)36-18-16-32(25-43(36)72-51)38-27-56-48(58-38)41-15-11-21-62(41)50(66)46(30(4)5)60-53(68)70-7/h9,12-13,16-19,22-27,29-30,40-41,45-46,51H,8,10-11,14-15,20-21,28H2,1-7H3,(H,54,64)(H,55,57)(H,56,58)(H,59,67)(H,60,68). The highest BCUT2D eigenvalue weighted by molar-refractivity contribution is 5.93. The van der Waals surface area contributed by atoms with Crippen molar-refractivity contribution in [2.45, 2.75) is 90.7 Å². The average Bonchev–Trinajstić information content (AvgIpc) is 4.25. The van der Waals surface area contributed by atoms with Gasteiger partial charge < -0.3 is 59.2 Å². The highest BCUT2D eigenvalue weighted by Gasteiger charge is 2.39. The zero-order valence-electron chi connectivity index (χ0n) is 41.6. The van der Waals surface area contributed by atoms with E-state index in [4.69, 9.17) is 28.9 Å². The van der Waals surface area contributed by atoms with E-state index in [1.165, 1.54) is 14.2 Å². The minimum Gasteiger partial charge on any atom is -0.484 e. The first-order valence-corrected chi connectivity index (χ1v) is 24.6. The summed E-state index contributed by atoms with van der Waals surface area (Å²) in [7, 11) is 2.56. The quantitative estimate of drug-likeness (QED) is 0.0672. The van der Waals surface area contributed by atoms with Crippen LogP contribution in [0.15, 0.2) is 79.1 Å². The number of nitrogens with zero attached hydrogens (tertiary/aromatic N) is 5. The molecule has 0 saturated carbocycles. The van der Waals surface area contributed by atoms with Crippen molar-refractivity contribution in [3.05, 3.63) is 96.3 Å². The lowest BCUT2D eigenvalue weighted by Gasteiger charge is -2.31. The predicted molar refractivity (Wildman–Crippen MR) is 268 cm³/mol. The van der Waals surface area contributed by atoms with Crippen molar-refractivity contribution in [1.82, 2.24) is 50.3 Å². The molecule has 19 heteroatoms. The van der Waals surface area contributed by atoms with E-state index in [1.54, 1.807) is 22.2 Å². The fraction of sp³-hybridized carbons (Fsp3) is 0.415. The number of methoxy groups -OCH3 is 2. The number of carbonyl (C=O) groups is 5. The van der Waals surface area contributed by atoms with E-state index in [1.807, 2.05) is 83.1 Å². The maximum absolute atomic E-state index is 13.9. The molecular formula is C53H62N10O9. The maximum atomic E-state index is 13.9. The number of benzene rings is 3. The Morgan fingerprint density at radius 2 is 1.33 bits per heavy atom. The minimum atomic E-state index is -0.749. The molecule has 19 nitrogen and oxygen atoms in total. The topological polar surface area (TPSA) is 227 Å². The first-order chi connectivity index (χ1) is 34.8. The molecule has 5 unspecified atom stereocenters. The van der Waals surface area contributed by atoms with Crippen molar-refractivity contribution in [1.29, 1.82) is 0 Å². The van der Waals surface area contributed by atoms with E-state index in [0.717, 1.165) is 69.5 Å². The number of amides is 5. The largest absolute Gasteiger partial charge is 0.484 e. The molecule has 0 bridgehead atoms. The molecule has 5 amide bonds. The molecule has 2 saturated heterocycles. The molecule has 6 heterocycles. The van der Waals surface area contributed by atoms with Crippen molar-refractivity contribution < 1.29 is 42.9 Å². The Hall–Kier alpha value is -7.83. The lowest BCUT2D eigenvalue weighted by molar-refractivity contribution is -0.136. The van der Waals surface area contributed by atoms with Crippen LogP contribution in [0.1, 0.15) is 95.8 Å². The summed E-state index contributed by atoms with van der Waals surface area (Å²) in [5.74, 6) is 1.59. The third kappa shape index (κ3) is 9.79. The number of aromatic nitrogens is 5. The minimum absolute atomic E-state index is 0.132. The molecule has 72 heavy (non-hydrogen) atoms. The Kier molecular flexibility index (Phi) is 14.2. The monoisotopic (exact) mass is 982 g/mol. The van der Waals surface area contributed by atoms with Crippen LogP contribution in [0.5, 0.6) is 11.5 Å². The van der Waals surface area contributed by atoms with Crippen molar-refractivity contribution in [3.63, 3.8) is 0 Å². The molecular weight excluding hydrogens is 921 g/mol. The van der Waals surface area contributed by atoms with Gasteiger partial charge in [-0.3, -0.25) is 14.4 Å². The summed E-state index contributed by atoms with van der Waals surface area (Å²) in [5, 5.41) is 9.15. The Labute approximate surface area is 417 Å². The number of alkyl carbamates (subject to hydrolysis) is 2. The molecule has 5 N–H and O–H groups in total. The smallest absolute Gasteiger partial charge is 0.407 e. The summed E-state index contributed by atoms with van der Waals surface area (Å²) in [6.07, 6.45) is 4.65. The number of nitrogens with one attached hydrogen (secondary N) is 5. The molecule has 5 atom stereocenters. The first kappa shape index (κ1) is 49.2.